The molecule has 42 heavy (non-hydrogen) atoms. The first-order valence-electron chi connectivity index (χ1n) is 11.5. The van der Waals surface area contributed by atoms with E-state index in [4.69, 9.17) is 28.9 Å². The highest BCUT2D eigenvalue weighted by Gasteiger charge is 2.43. The predicted molar refractivity (Wildman–Crippen MR) is 161 cm³/mol. The van der Waals surface area contributed by atoms with Crippen LogP contribution >= 0.6 is 48.0 Å². The van der Waals surface area contributed by atoms with Crippen molar-refractivity contribution in [1.82, 2.24) is 14.7 Å². The van der Waals surface area contributed by atoms with Gasteiger partial charge >= 0.3 is 12.4 Å². The molecule has 0 unspecified atom stereocenters. The molecule has 5 nitrogen and oxygen atoms in total. The summed E-state index contributed by atoms with van der Waals surface area (Å²) in [5.74, 6) is 0. The normalized spacial score (nSPS) is 14.2. The second-order valence-electron chi connectivity index (χ2n) is 9.72. The number of nitrogens with two attached hydrogens (primary N) is 1. The molecule has 0 saturated carbocycles. The molecule has 0 saturated heterocycles. The topological polar surface area (TPSA) is 80.9 Å². The average Bonchev–Trinajstić information content (AvgIpc) is 2.84. The van der Waals surface area contributed by atoms with E-state index in [-0.39, 0.29) is 46.2 Å². The maximum atomic E-state index is 13.4. The number of halogens is 10. The van der Waals surface area contributed by atoms with Crippen LogP contribution in [-0.4, -0.2) is 31.3 Å². The van der Waals surface area contributed by atoms with Gasteiger partial charge in [-0.1, -0.05) is 47.5 Å². The van der Waals surface area contributed by atoms with E-state index in [0.717, 1.165) is 0 Å². The van der Waals surface area contributed by atoms with Crippen molar-refractivity contribution in [3.8, 4) is 0 Å². The van der Waals surface area contributed by atoms with Gasteiger partial charge in [0.2, 0.25) is 0 Å². The third kappa shape index (κ3) is 10.1. The van der Waals surface area contributed by atoms with E-state index in [1.54, 1.807) is 26.8 Å². The van der Waals surface area contributed by atoms with Gasteiger partial charge in [-0.15, -0.1) is 24.8 Å². The Morgan fingerprint density at radius 2 is 1.17 bits per heavy atom. The Hall–Kier alpha value is -1.93. The second-order valence-corrected chi connectivity index (χ2v) is 12.5. The molecule has 0 spiro atoms. The van der Waals surface area contributed by atoms with E-state index >= 15 is 0 Å². The van der Waals surface area contributed by atoms with Crippen molar-refractivity contribution in [2.24, 2.45) is 5.73 Å². The van der Waals surface area contributed by atoms with Gasteiger partial charge in [0.1, 0.15) is 22.4 Å². The quantitative estimate of drug-likeness (QED) is 0.165. The number of alkyl halides is 6. The maximum absolute atomic E-state index is 13.4. The summed E-state index contributed by atoms with van der Waals surface area (Å²) < 4.78 is 91.0. The zero-order valence-electron chi connectivity index (χ0n) is 22.1. The Labute approximate surface area is 263 Å². The molecule has 0 radical (unpaired) electrons. The minimum Gasteiger partial charge on any atom is -0.316 e. The molecule has 2 heterocycles. The monoisotopic (exact) mass is 696 g/mol. The fourth-order valence-corrected chi connectivity index (χ4v) is 4.60. The van der Waals surface area contributed by atoms with Crippen LogP contribution in [0.25, 0.3) is 21.5 Å². The number of nitrogens with one attached hydrogen (secondary N) is 1. The molecule has 0 aliphatic rings. The van der Waals surface area contributed by atoms with Crippen LogP contribution in [0.5, 0.6) is 0 Å². The Morgan fingerprint density at radius 1 is 0.738 bits per heavy atom. The summed E-state index contributed by atoms with van der Waals surface area (Å²) in [6, 6.07) is 7.51. The molecule has 232 valence electrons. The van der Waals surface area contributed by atoms with Crippen LogP contribution in [0.3, 0.4) is 0 Å². The van der Waals surface area contributed by atoms with Gasteiger partial charge < -0.3 is 5.73 Å². The maximum Gasteiger partial charge on any atom is 0.408 e. The predicted octanol–water partition coefficient (Wildman–Crippen LogP) is 8.84. The van der Waals surface area contributed by atoms with Crippen LogP contribution in [0.1, 0.15) is 44.0 Å². The van der Waals surface area contributed by atoms with E-state index in [1.807, 2.05) is 0 Å². The van der Waals surface area contributed by atoms with Crippen LogP contribution in [-0.2, 0) is 11.0 Å². The van der Waals surface area contributed by atoms with E-state index in [2.05, 4.69) is 14.7 Å². The molecule has 0 bridgehead atoms. The lowest BCUT2D eigenvalue weighted by Crippen LogP contribution is -2.41. The highest BCUT2D eigenvalue weighted by Crippen LogP contribution is 2.35. The molecular weight excluding hydrogens is 672 g/mol. The Kier molecular flexibility index (Phi) is 13.3. The number of fused-ring (bicyclic) bond motifs is 2. The molecule has 0 aliphatic heterocycles. The Morgan fingerprint density at radius 3 is 1.57 bits per heavy atom. The smallest absolute Gasteiger partial charge is 0.316 e. The number of nitrogens with zero attached hydrogens (tertiary/aromatic N) is 2. The largest absolute Gasteiger partial charge is 0.408 e. The third-order valence-electron chi connectivity index (χ3n) is 5.58. The van der Waals surface area contributed by atoms with Gasteiger partial charge in [-0.25, -0.2) is 18.9 Å². The number of aromatic nitrogens is 2. The van der Waals surface area contributed by atoms with Gasteiger partial charge in [-0.3, -0.25) is 0 Å². The van der Waals surface area contributed by atoms with Gasteiger partial charge in [0.05, 0.1) is 15.7 Å². The van der Waals surface area contributed by atoms with E-state index in [9.17, 15) is 30.6 Å². The Balaban J connectivity index is 0.000000416. The van der Waals surface area contributed by atoms with Crippen LogP contribution < -0.4 is 10.5 Å². The van der Waals surface area contributed by atoms with E-state index in [1.165, 1.54) is 54.9 Å². The van der Waals surface area contributed by atoms with Crippen molar-refractivity contribution in [3.63, 3.8) is 0 Å². The van der Waals surface area contributed by atoms with Gasteiger partial charge in [0, 0.05) is 23.2 Å². The first-order chi connectivity index (χ1) is 18.4. The summed E-state index contributed by atoms with van der Waals surface area (Å²) >= 11 is 11.5. The standard InChI is InChI=1S/C15H16ClF3N2OS.C11H8ClF3N2.2ClH/c1-14(2,3)23(22)21-13(15(17,18)19)9-4-5-10-8-20-12(16)7-11(10)6-9;12-9-4-8-3-6(10(16)11(13,14)15)1-2-7(8)5-17-9;;/h4-8,13,21H,1-3H3;1-5,10H,16H2;2*1H/t13-,23+;10-;;/m00../s1. The van der Waals surface area contributed by atoms with Gasteiger partial charge in [-0.2, -0.15) is 26.3 Å². The SMILES string of the molecule is CC(C)(C)[S@@](=O)N[C@@H](c1ccc2cnc(Cl)cc2c1)C(F)(F)F.Cl.Cl.N[C@@H](c1ccc2cnc(Cl)cc2c1)C(F)(F)F. The van der Waals surface area contributed by atoms with Gasteiger partial charge in [0.25, 0.3) is 0 Å². The number of hydrogen-bond donors (Lipinski definition) is 2. The zero-order chi connectivity index (χ0) is 30.0. The van der Waals surface area contributed by atoms with Crippen LogP contribution in [0.15, 0.2) is 60.9 Å². The second kappa shape index (κ2) is 14.7. The number of benzene rings is 2. The van der Waals surface area contributed by atoms with Crippen molar-refractivity contribution < 1.29 is 30.6 Å². The highest BCUT2D eigenvalue weighted by molar-refractivity contribution is 7.84. The van der Waals surface area contributed by atoms with E-state index in [0.29, 0.717) is 21.5 Å². The van der Waals surface area contributed by atoms with Crippen molar-refractivity contribution in [2.45, 2.75) is 50.0 Å². The van der Waals surface area contributed by atoms with Crippen molar-refractivity contribution in [2.75, 3.05) is 0 Å². The summed E-state index contributed by atoms with van der Waals surface area (Å²) in [6.45, 7) is 4.82. The van der Waals surface area contributed by atoms with Crippen LogP contribution in [0.4, 0.5) is 26.3 Å². The molecule has 0 fully saturated rings. The lowest BCUT2D eigenvalue weighted by Gasteiger charge is -2.26. The first kappa shape index (κ1) is 38.1. The minimum absolute atomic E-state index is 0. The molecule has 4 aromatic rings. The van der Waals surface area contributed by atoms with Gasteiger partial charge in [0.15, 0.2) is 0 Å². The van der Waals surface area contributed by atoms with Crippen LogP contribution in [0.2, 0.25) is 10.3 Å². The van der Waals surface area contributed by atoms with Crippen molar-refractivity contribution in [1.29, 1.82) is 0 Å². The van der Waals surface area contributed by atoms with E-state index < -0.39 is 40.2 Å². The number of rotatable bonds is 4. The lowest BCUT2D eigenvalue weighted by atomic mass is 10.0. The molecule has 4 rings (SSSR count). The minimum atomic E-state index is -4.58. The molecule has 2 aromatic heterocycles. The van der Waals surface area contributed by atoms with Crippen LogP contribution in [0, 0.1) is 0 Å². The summed E-state index contributed by atoms with van der Waals surface area (Å²) in [6.07, 6.45) is -6.04. The first-order valence-corrected chi connectivity index (χ1v) is 13.4. The van der Waals surface area contributed by atoms with Gasteiger partial charge in [-0.05, 0) is 66.9 Å². The molecule has 3 atom stereocenters. The molecule has 0 amide bonds. The molecule has 16 heteroatoms. The summed E-state index contributed by atoms with van der Waals surface area (Å²) in [5, 5.41) is 2.95. The average molecular weight is 698 g/mol. The van der Waals surface area contributed by atoms with Crippen molar-refractivity contribution >= 4 is 80.5 Å². The summed E-state index contributed by atoms with van der Waals surface area (Å²) in [4.78, 5) is 7.73. The van der Waals surface area contributed by atoms with Crippen molar-refractivity contribution in [3.05, 3.63) is 82.4 Å². The zero-order valence-corrected chi connectivity index (χ0v) is 26.0. The third-order valence-corrected chi connectivity index (χ3v) is 7.55. The fourth-order valence-electron chi connectivity index (χ4n) is 3.43. The molecule has 0 aliphatic carbocycles. The Bertz CT molecular complexity index is 1530. The number of hydrogen-bond acceptors (Lipinski definition) is 4. The summed E-state index contributed by atoms with van der Waals surface area (Å²) in [5.41, 5.74) is 5.11. The summed E-state index contributed by atoms with van der Waals surface area (Å²) in [7, 11) is -1.86. The molecular formula is C26H26Cl4F6N4OS. The highest BCUT2D eigenvalue weighted by atomic mass is 35.5. The molecule has 3 N–H and O–H groups in total. The molecule has 2 aromatic carbocycles. The number of pyridine rings is 2. The fraction of sp³-hybridized carbons (Fsp3) is 0.308. The lowest BCUT2D eigenvalue weighted by molar-refractivity contribution is -0.153.